The summed E-state index contributed by atoms with van der Waals surface area (Å²) in [5, 5.41) is 2.70. The molecular formula is C22H29N3O5S2. The fraction of sp³-hybridized carbons (Fsp3) is 0.409. The molecule has 0 spiro atoms. The summed E-state index contributed by atoms with van der Waals surface area (Å²) in [6.07, 6.45) is 2.63. The summed E-state index contributed by atoms with van der Waals surface area (Å²) in [6.45, 7) is 2.35. The Labute approximate surface area is 190 Å². The van der Waals surface area contributed by atoms with Crippen LogP contribution in [0.25, 0.3) is 0 Å². The van der Waals surface area contributed by atoms with Crippen LogP contribution in [0.2, 0.25) is 0 Å². The van der Waals surface area contributed by atoms with Crippen molar-refractivity contribution in [2.45, 2.75) is 48.6 Å². The van der Waals surface area contributed by atoms with E-state index in [2.05, 4.69) is 5.32 Å². The lowest BCUT2D eigenvalue weighted by Crippen LogP contribution is -2.42. The fourth-order valence-electron chi connectivity index (χ4n) is 3.74. The van der Waals surface area contributed by atoms with E-state index < -0.39 is 26.0 Å². The van der Waals surface area contributed by atoms with Crippen molar-refractivity contribution < 1.29 is 21.6 Å². The van der Waals surface area contributed by atoms with Crippen LogP contribution >= 0.6 is 0 Å². The monoisotopic (exact) mass is 479 g/mol. The summed E-state index contributed by atoms with van der Waals surface area (Å²) in [5.74, 6) is -0.481. The van der Waals surface area contributed by atoms with E-state index in [1.807, 2.05) is 6.92 Å². The summed E-state index contributed by atoms with van der Waals surface area (Å²) < 4.78 is 53.9. The molecule has 0 bridgehead atoms. The predicted octanol–water partition coefficient (Wildman–Crippen LogP) is 2.43. The Kier molecular flexibility index (Phi) is 7.39. The van der Waals surface area contributed by atoms with Gasteiger partial charge in [0.1, 0.15) is 0 Å². The highest BCUT2D eigenvalue weighted by atomic mass is 32.2. The molecule has 3 rings (SSSR count). The van der Waals surface area contributed by atoms with E-state index >= 15 is 0 Å². The van der Waals surface area contributed by atoms with Gasteiger partial charge in [-0.15, -0.1) is 0 Å². The minimum Gasteiger partial charge on any atom is -0.348 e. The molecular weight excluding hydrogens is 450 g/mol. The van der Waals surface area contributed by atoms with Crippen molar-refractivity contribution in [2.75, 3.05) is 20.6 Å². The van der Waals surface area contributed by atoms with E-state index in [0.29, 0.717) is 12.1 Å². The van der Waals surface area contributed by atoms with Gasteiger partial charge in [0.15, 0.2) is 0 Å². The second-order valence-corrected chi connectivity index (χ2v) is 12.1. The van der Waals surface area contributed by atoms with Crippen LogP contribution in [0.15, 0.2) is 58.3 Å². The van der Waals surface area contributed by atoms with Gasteiger partial charge in [0.2, 0.25) is 20.0 Å². The number of hydrogen-bond acceptors (Lipinski definition) is 5. The zero-order valence-corrected chi connectivity index (χ0v) is 20.1. The summed E-state index contributed by atoms with van der Waals surface area (Å²) in [4.78, 5) is 12.9. The lowest BCUT2D eigenvalue weighted by Gasteiger charge is -2.32. The quantitative estimate of drug-likeness (QED) is 0.657. The molecule has 10 heteroatoms. The second-order valence-electron chi connectivity index (χ2n) is 8.07. The standard InChI is InChI=1S/C22H29N3O5S2/c1-17-9-6-7-14-25(17)31(27,28)20-12-8-11-18(15-20)22(26)23-16-19-10-4-5-13-21(19)32(29,30)24(2)3/h4-5,8,10-13,15,17H,6-7,9,14,16H2,1-3H3,(H,23,26)/t17-/m0/s1. The SMILES string of the molecule is C[C@H]1CCCCN1S(=O)(=O)c1cccc(C(=O)NCc2ccccc2S(=O)(=O)N(C)C)c1. The Morgan fingerprint density at radius 3 is 2.47 bits per heavy atom. The van der Waals surface area contributed by atoms with Gasteiger partial charge >= 0.3 is 0 Å². The molecule has 1 N–H and O–H groups in total. The Morgan fingerprint density at radius 2 is 1.78 bits per heavy atom. The van der Waals surface area contributed by atoms with Crippen LogP contribution in [0.5, 0.6) is 0 Å². The smallest absolute Gasteiger partial charge is 0.251 e. The summed E-state index contributed by atoms with van der Waals surface area (Å²) in [7, 11) is -4.48. The third-order valence-electron chi connectivity index (χ3n) is 5.62. The van der Waals surface area contributed by atoms with Crippen molar-refractivity contribution in [1.29, 1.82) is 0 Å². The Morgan fingerprint density at radius 1 is 1.06 bits per heavy atom. The van der Waals surface area contributed by atoms with Crippen LogP contribution in [0.4, 0.5) is 0 Å². The first-order valence-electron chi connectivity index (χ1n) is 10.5. The van der Waals surface area contributed by atoms with Crippen LogP contribution in [-0.2, 0) is 26.6 Å². The lowest BCUT2D eigenvalue weighted by atomic mass is 10.1. The number of carbonyl (C=O) groups is 1. The van der Waals surface area contributed by atoms with E-state index in [-0.39, 0.29) is 27.9 Å². The fourth-order valence-corrected chi connectivity index (χ4v) is 6.60. The minimum atomic E-state index is -3.70. The number of sulfonamides is 2. The molecule has 0 aromatic heterocycles. The molecule has 1 fully saturated rings. The second kappa shape index (κ2) is 9.70. The maximum Gasteiger partial charge on any atom is 0.251 e. The predicted molar refractivity (Wildman–Crippen MR) is 122 cm³/mol. The lowest BCUT2D eigenvalue weighted by molar-refractivity contribution is 0.0950. The number of nitrogens with zero attached hydrogens (tertiary/aromatic N) is 2. The van der Waals surface area contributed by atoms with Crippen molar-refractivity contribution in [3.8, 4) is 0 Å². The highest BCUT2D eigenvalue weighted by Crippen LogP contribution is 2.25. The van der Waals surface area contributed by atoms with Crippen molar-refractivity contribution in [2.24, 2.45) is 0 Å². The molecule has 0 radical (unpaired) electrons. The summed E-state index contributed by atoms with van der Waals surface area (Å²) >= 11 is 0. The number of piperidine rings is 1. The largest absolute Gasteiger partial charge is 0.348 e. The molecule has 1 aliphatic heterocycles. The van der Waals surface area contributed by atoms with E-state index in [1.165, 1.54) is 42.7 Å². The molecule has 0 aliphatic carbocycles. The molecule has 8 nitrogen and oxygen atoms in total. The minimum absolute atomic E-state index is 0.0117. The van der Waals surface area contributed by atoms with E-state index in [9.17, 15) is 21.6 Å². The maximum atomic E-state index is 13.1. The van der Waals surface area contributed by atoms with Crippen LogP contribution < -0.4 is 5.32 Å². The first-order valence-corrected chi connectivity index (χ1v) is 13.3. The van der Waals surface area contributed by atoms with Gasteiger partial charge in [0.05, 0.1) is 9.79 Å². The molecule has 0 saturated carbocycles. The van der Waals surface area contributed by atoms with E-state index in [4.69, 9.17) is 0 Å². The normalized spacial score (nSPS) is 17.9. The van der Waals surface area contributed by atoms with Crippen molar-refractivity contribution in [3.63, 3.8) is 0 Å². The zero-order valence-electron chi connectivity index (χ0n) is 18.5. The average Bonchev–Trinajstić information content (AvgIpc) is 2.77. The number of hydrogen-bond donors (Lipinski definition) is 1. The molecule has 2 aromatic rings. The van der Waals surface area contributed by atoms with Gasteiger partial charge in [-0.25, -0.2) is 21.1 Å². The van der Waals surface area contributed by atoms with Crippen LogP contribution in [0.1, 0.15) is 42.1 Å². The van der Waals surface area contributed by atoms with Gasteiger partial charge in [0, 0.05) is 38.8 Å². The topological polar surface area (TPSA) is 104 Å². The number of amides is 1. The molecule has 0 unspecified atom stereocenters. The molecule has 1 heterocycles. The van der Waals surface area contributed by atoms with Crippen molar-refractivity contribution >= 4 is 26.0 Å². The van der Waals surface area contributed by atoms with Crippen LogP contribution in [0, 0.1) is 0 Å². The van der Waals surface area contributed by atoms with Crippen molar-refractivity contribution in [3.05, 3.63) is 59.7 Å². The van der Waals surface area contributed by atoms with Gasteiger partial charge in [-0.2, -0.15) is 4.31 Å². The molecule has 1 aliphatic rings. The highest BCUT2D eigenvalue weighted by molar-refractivity contribution is 7.89. The molecule has 1 saturated heterocycles. The van der Waals surface area contributed by atoms with Gasteiger partial charge in [-0.3, -0.25) is 4.79 Å². The van der Waals surface area contributed by atoms with E-state index in [0.717, 1.165) is 23.6 Å². The first kappa shape index (κ1) is 24.4. The van der Waals surface area contributed by atoms with Gasteiger partial charge in [0.25, 0.3) is 5.91 Å². The average molecular weight is 480 g/mol. The number of nitrogens with one attached hydrogen (secondary N) is 1. The Bertz CT molecular complexity index is 1190. The van der Waals surface area contributed by atoms with Gasteiger partial charge in [-0.05, 0) is 49.6 Å². The van der Waals surface area contributed by atoms with Crippen LogP contribution in [-0.4, -0.2) is 58.0 Å². The number of benzene rings is 2. The molecule has 174 valence electrons. The van der Waals surface area contributed by atoms with Crippen LogP contribution in [0.3, 0.4) is 0 Å². The van der Waals surface area contributed by atoms with Crippen molar-refractivity contribution in [1.82, 2.24) is 13.9 Å². The molecule has 1 amide bonds. The number of carbonyl (C=O) groups excluding carboxylic acids is 1. The summed E-state index contributed by atoms with van der Waals surface area (Å²) in [5.41, 5.74) is 0.643. The molecule has 1 atom stereocenters. The maximum absolute atomic E-state index is 13.1. The third-order valence-corrected chi connectivity index (χ3v) is 9.54. The third kappa shape index (κ3) is 5.03. The number of rotatable bonds is 7. The zero-order chi connectivity index (χ0) is 23.5. The van der Waals surface area contributed by atoms with Gasteiger partial charge in [-0.1, -0.05) is 30.7 Å². The Balaban J connectivity index is 1.80. The Hall–Kier alpha value is -2.27. The molecule has 2 aromatic carbocycles. The highest BCUT2D eigenvalue weighted by Gasteiger charge is 2.31. The summed E-state index contributed by atoms with van der Waals surface area (Å²) in [6, 6.07) is 12.3. The first-order chi connectivity index (χ1) is 15.0. The van der Waals surface area contributed by atoms with E-state index in [1.54, 1.807) is 24.3 Å². The van der Waals surface area contributed by atoms with Gasteiger partial charge < -0.3 is 5.32 Å². The molecule has 32 heavy (non-hydrogen) atoms.